The average molecular weight is 342 g/mol. The maximum Gasteiger partial charge on any atom is 0.313 e. The van der Waals surface area contributed by atoms with E-state index >= 15 is 0 Å². The second-order valence-corrected chi connectivity index (χ2v) is 6.09. The Morgan fingerprint density at radius 2 is 1.38 bits per heavy atom. The van der Waals surface area contributed by atoms with Crippen molar-refractivity contribution in [2.75, 3.05) is 13.2 Å². The van der Waals surface area contributed by atoms with Crippen LogP contribution in [0.5, 0.6) is 0 Å². The van der Waals surface area contributed by atoms with Crippen LogP contribution in [0.25, 0.3) is 0 Å². The fourth-order valence-corrected chi connectivity index (χ4v) is 1.61. The second kappa shape index (κ2) is 11.4. The molecule has 0 aromatic carbocycles. The molecule has 0 fully saturated rings. The monoisotopic (exact) mass is 342 g/mol. The normalized spacial score (nSPS) is 11.5. The van der Waals surface area contributed by atoms with Gasteiger partial charge in [-0.15, -0.1) is 0 Å². The van der Waals surface area contributed by atoms with Gasteiger partial charge in [-0.2, -0.15) is 0 Å². The van der Waals surface area contributed by atoms with Gasteiger partial charge >= 0.3 is 17.9 Å². The van der Waals surface area contributed by atoms with E-state index in [-0.39, 0.29) is 44.2 Å². The van der Waals surface area contributed by atoms with E-state index in [0.717, 1.165) is 0 Å². The summed E-state index contributed by atoms with van der Waals surface area (Å²) in [6.45, 7) is 9.75. The summed E-state index contributed by atoms with van der Waals surface area (Å²) in [5.74, 6) is -1.94. The molecular weight excluding hydrogens is 316 g/mol. The fourth-order valence-electron chi connectivity index (χ4n) is 1.61. The summed E-state index contributed by atoms with van der Waals surface area (Å²) in [5.41, 5.74) is 0.640. The van der Waals surface area contributed by atoms with Gasteiger partial charge in [-0.3, -0.25) is 19.2 Å². The quantitative estimate of drug-likeness (QED) is 0.245. The topological polar surface area (TPSA) is 96.0 Å². The summed E-state index contributed by atoms with van der Waals surface area (Å²) in [5, 5.41) is 0. The van der Waals surface area contributed by atoms with Gasteiger partial charge in [-0.1, -0.05) is 26.0 Å². The molecule has 0 aliphatic rings. The molecule has 0 aromatic heterocycles. The van der Waals surface area contributed by atoms with E-state index in [1.165, 1.54) is 6.92 Å². The van der Waals surface area contributed by atoms with E-state index in [2.05, 4.69) is 6.58 Å². The van der Waals surface area contributed by atoms with Crippen LogP contribution >= 0.6 is 0 Å². The highest BCUT2D eigenvalue weighted by atomic mass is 16.6. The summed E-state index contributed by atoms with van der Waals surface area (Å²) in [6, 6.07) is 0. The van der Waals surface area contributed by atoms with Gasteiger partial charge in [-0.05, 0) is 19.8 Å². The molecule has 0 heterocycles. The highest BCUT2D eigenvalue weighted by Crippen LogP contribution is 2.06. The molecule has 24 heavy (non-hydrogen) atoms. The third-order valence-corrected chi connectivity index (χ3v) is 2.57. The van der Waals surface area contributed by atoms with Gasteiger partial charge in [0.05, 0.1) is 6.42 Å². The largest absolute Gasteiger partial charge is 0.461 e. The van der Waals surface area contributed by atoms with Crippen molar-refractivity contribution in [1.82, 2.24) is 0 Å². The minimum atomic E-state index is -0.916. The van der Waals surface area contributed by atoms with Gasteiger partial charge in [0.15, 0.2) is 6.10 Å². The number of ether oxygens (including phenoxy) is 3. The summed E-state index contributed by atoms with van der Waals surface area (Å²) in [7, 11) is 0. The predicted octanol–water partition coefficient (Wildman–Crippen LogP) is 1.98. The van der Waals surface area contributed by atoms with E-state index in [1.807, 2.05) is 13.8 Å². The Morgan fingerprint density at radius 3 is 1.79 bits per heavy atom. The Hall–Kier alpha value is -2.18. The summed E-state index contributed by atoms with van der Waals surface area (Å²) >= 11 is 0. The first-order valence-corrected chi connectivity index (χ1v) is 7.74. The van der Waals surface area contributed by atoms with Crippen molar-refractivity contribution < 1.29 is 33.4 Å². The van der Waals surface area contributed by atoms with Crippen LogP contribution < -0.4 is 0 Å². The van der Waals surface area contributed by atoms with Crippen LogP contribution in [0, 0.1) is 5.92 Å². The third kappa shape index (κ3) is 12.4. The van der Waals surface area contributed by atoms with Crippen molar-refractivity contribution in [3.8, 4) is 0 Å². The Bertz CT molecular complexity index is 447. The first-order chi connectivity index (χ1) is 11.1. The Labute approximate surface area is 142 Å². The first-order valence-electron chi connectivity index (χ1n) is 7.74. The lowest BCUT2D eigenvalue weighted by Crippen LogP contribution is -2.31. The van der Waals surface area contributed by atoms with E-state index < -0.39 is 24.0 Å². The number of Topliss-reactive ketones (excluding diaryl/α,β-unsaturated/α-hetero) is 1. The van der Waals surface area contributed by atoms with Crippen LogP contribution in [0.1, 0.15) is 47.0 Å². The molecule has 7 heteroatoms. The maximum absolute atomic E-state index is 11.7. The van der Waals surface area contributed by atoms with Gasteiger partial charge in [0.25, 0.3) is 0 Å². The van der Waals surface area contributed by atoms with Gasteiger partial charge in [-0.25, -0.2) is 0 Å². The Morgan fingerprint density at radius 1 is 0.875 bits per heavy atom. The van der Waals surface area contributed by atoms with Crippen molar-refractivity contribution in [2.45, 2.75) is 53.1 Å². The van der Waals surface area contributed by atoms with Gasteiger partial charge in [0.2, 0.25) is 0 Å². The van der Waals surface area contributed by atoms with Crippen LogP contribution in [0.3, 0.4) is 0 Å². The minimum absolute atomic E-state index is 0.0524. The van der Waals surface area contributed by atoms with E-state index in [4.69, 9.17) is 14.2 Å². The van der Waals surface area contributed by atoms with Crippen molar-refractivity contribution >= 4 is 23.7 Å². The van der Waals surface area contributed by atoms with E-state index in [0.29, 0.717) is 5.57 Å². The smallest absolute Gasteiger partial charge is 0.313 e. The SMILES string of the molecule is C=C(C)CC(=O)OCC(COC(=O)CC(C)=O)OC(=O)CC(C)C. The molecule has 0 bridgehead atoms. The van der Waals surface area contributed by atoms with Gasteiger partial charge < -0.3 is 14.2 Å². The molecule has 0 saturated heterocycles. The first kappa shape index (κ1) is 21.8. The highest BCUT2D eigenvalue weighted by Gasteiger charge is 2.20. The molecule has 0 aliphatic heterocycles. The Kier molecular flexibility index (Phi) is 10.3. The molecule has 0 saturated carbocycles. The van der Waals surface area contributed by atoms with Crippen molar-refractivity contribution in [3.05, 3.63) is 12.2 Å². The summed E-state index contributed by atoms with van der Waals surface area (Å²) in [6.07, 6.45) is -1.03. The maximum atomic E-state index is 11.7. The molecule has 0 aromatic rings. The molecule has 1 unspecified atom stereocenters. The molecule has 0 amide bonds. The second-order valence-electron chi connectivity index (χ2n) is 6.09. The zero-order valence-electron chi connectivity index (χ0n) is 14.8. The number of ketones is 1. The lowest BCUT2D eigenvalue weighted by Gasteiger charge is -2.18. The molecule has 0 radical (unpaired) electrons. The third-order valence-electron chi connectivity index (χ3n) is 2.57. The number of esters is 3. The summed E-state index contributed by atoms with van der Waals surface area (Å²) in [4.78, 5) is 45.5. The average Bonchev–Trinajstić information content (AvgIpc) is 2.39. The number of hydrogen-bond donors (Lipinski definition) is 0. The lowest BCUT2D eigenvalue weighted by molar-refractivity contribution is -0.167. The number of carbonyl (C=O) groups is 4. The lowest BCUT2D eigenvalue weighted by atomic mass is 10.1. The predicted molar refractivity (Wildman–Crippen MR) is 86.0 cm³/mol. The van der Waals surface area contributed by atoms with Gasteiger partial charge in [0, 0.05) is 6.42 Å². The zero-order chi connectivity index (χ0) is 18.7. The fraction of sp³-hybridized carbons (Fsp3) is 0.647. The van der Waals surface area contributed by atoms with Gasteiger partial charge in [0.1, 0.15) is 25.4 Å². The number of rotatable bonds is 11. The Balaban J connectivity index is 4.55. The molecular formula is C17H26O7. The van der Waals surface area contributed by atoms with Crippen LogP contribution in [0.4, 0.5) is 0 Å². The standard InChI is InChI=1S/C17H26O7/c1-11(2)6-15(19)22-9-14(24-17(21)7-12(3)4)10-23-16(20)8-13(5)18/h12,14H,1,6-10H2,2-5H3. The van der Waals surface area contributed by atoms with Crippen LogP contribution in [-0.4, -0.2) is 43.0 Å². The molecule has 7 nitrogen and oxygen atoms in total. The van der Waals surface area contributed by atoms with E-state index in [9.17, 15) is 19.2 Å². The number of hydrogen-bond acceptors (Lipinski definition) is 7. The van der Waals surface area contributed by atoms with E-state index in [1.54, 1.807) is 6.92 Å². The highest BCUT2D eigenvalue weighted by molar-refractivity contribution is 5.94. The molecule has 136 valence electrons. The minimum Gasteiger partial charge on any atom is -0.461 e. The van der Waals surface area contributed by atoms with Crippen LogP contribution in [0.2, 0.25) is 0 Å². The van der Waals surface area contributed by atoms with Crippen molar-refractivity contribution in [3.63, 3.8) is 0 Å². The van der Waals surface area contributed by atoms with Crippen molar-refractivity contribution in [2.24, 2.45) is 5.92 Å². The molecule has 0 rings (SSSR count). The molecule has 0 aliphatic carbocycles. The van der Waals surface area contributed by atoms with Crippen molar-refractivity contribution in [1.29, 1.82) is 0 Å². The van der Waals surface area contributed by atoms with Crippen LogP contribution in [0.15, 0.2) is 12.2 Å². The molecule has 0 spiro atoms. The summed E-state index contributed by atoms with van der Waals surface area (Å²) < 4.78 is 15.1. The number of carbonyl (C=O) groups excluding carboxylic acids is 4. The van der Waals surface area contributed by atoms with Crippen LogP contribution in [-0.2, 0) is 33.4 Å². The molecule has 1 atom stereocenters. The zero-order valence-corrected chi connectivity index (χ0v) is 14.8. The molecule has 0 N–H and O–H groups in total.